The molecule has 1 unspecified atom stereocenters. The van der Waals surface area contributed by atoms with Gasteiger partial charge in [0.15, 0.2) is 0 Å². The van der Waals surface area contributed by atoms with E-state index < -0.39 is 0 Å². The lowest BCUT2D eigenvalue weighted by Crippen LogP contribution is -2.34. The SMILES string of the molecule is CCCNC(CCN(C)C)Cc1ccc(Br)cn1. The van der Waals surface area contributed by atoms with Crippen LogP contribution in [0.15, 0.2) is 22.8 Å². The number of nitrogens with one attached hydrogen (secondary N) is 1. The molecule has 0 aliphatic heterocycles. The summed E-state index contributed by atoms with van der Waals surface area (Å²) in [6.45, 7) is 4.39. The number of nitrogens with zero attached hydrogens (tertiary/aromatic N) is 2. The molecule has 0 aromatic carbocycles. The van der Waals surface area contributed by atoms with E-state index in [2.05, 4.69) is 64.3 Å². The molecule has 102 valence electrons. The predicted octanol–water partition coefficient (Wildman–Crippen LogP) is 2.71. The molecule has 0 saturated heterocycles. The fourth-order valence-corrected chi connectivity index (χ4v) is 2.05. The summed E-state index contributed by atoms with van der Waals surface area (Å²) in [4.78, 5) is 6.68. The zero-order chi connectivity index (χ0) is 13.4. The lowest BCUT2D eigenvalue weighted by molar-refractivity contribution is 0.355. The minimum atomic E-state index is 0.515. The van der Waals surface area contributed by atoms with E-state index in [1.165, 1.54) is 6.42 Å². The zero-order valence-electron chi connectivity index (χ0n) is 11.6. The van der Waals surface area contributed by atoms with Gasteiger partial charge in [0.05, 0.1) is 0 Å². The first-order chi connectivity index (χ1) is 8.61. The van der Waals surface area contributed by atoms with Crippen LogP contribution in [0.3, 0.4) is 0 Å². The van der Waals surface area contributed by atoms with Crippen LogP contribution in [0, 0.1) is 0 Å². The maximum atomic E-state index is 4.45. The quantitative estimate of drug-likeness (QED) is 0.800. The normalized spacial score (nSPS) is 12.9. The molecule has 0 aliphatic carbocycles. The topological polar surface area (TPSA) is 28.2 Å². The number of aromatic nitrogens is 1. The van der Waals surface area contributed by atoms with E-state index in [4.69, 9.17) is 0 Å². The molecular weight excluding hydrogens is 290 g/mol. The third-order valence-corrected chi connectivity index (χ3v) is 3.32. The molecule has 1 atom stereocenters. The monoisotopic (exact) mass is 313 g/mol. The van der Waals surface area contributed by atoms with Gasteiger partial charge in [0.25, 0.3) is 0 Å². The summed E-state index contributed by atoms with van der Waals surface area (Å²) in [7, 11) is 4.24. The molecule has 18 heavy (non-hydrogen) atoms. The Morgan fingerprint density at radius 3 is 2.72 bits per heavy atom. The van der Waals surface area contributed by atoms with Gasteiger partial charge in [-0.15, -0.1) is 0 Å². The summed E-state index contributed by atoms with van der Waals surface area (Å²) >= 11 is 3.42. The van der Waals surface area contributed by atoms with Crippen LogP contribution in [0.2, 0.25) is 0 Å². The van der Waals surface area contributed by atoms with E-state index in [0.717, 1.165) is 36.1 Å². The second-order valence-electron chi connectivity index (χ2n) is 4.91. The Kier molecular flexibility index (Phi) is 7.47. The number of rotatable bonds is 8. The standard InChI is InChI=1S/C14H24BrN3/c1-4-8-16-14(7-9-18(2)3)10-13-6-5-12(15)11-17-13/h5-6,11,14,16H,4,7-10H2,1-3H3. The highest BCUT2D eigenvalue weighted by Crippen LogP contribution is 2.10. The van der Waals surface area contributed by atoms with Crippen LogP contribution in [0.4, 0.5) is 0 Å². The fourth-order valence-electron chi connectivity index (χ4n) is 1.82. The smallest absolute Gasteiger partial charge is 0.0419 e. The minimum Gasteiger partial charge on any atom is -0.314 e. The fraction of sp³-hybridized carbons (Fsp3) is 0.643. The van der Waals surface area contributed by atoms with Crippen molar-refractivity contribution in [3.05, 3.63) is 28.5 Å². The molecule has 1 aromatic rings. The summed E-state index contributed by atoms with van der Waals surface area (Å²) in [6, 6.07) is 4.67. The summed E-state index contributed by atoms with van der Waals surface area (Å²) in [5, 5.41) is 3.61. The Morgan fingerprint density at radius 1 is 1.39 bits per heavy atom. The molecular formula is C14H24BrN3. The lowest BCUT2D eigenvalue weighted by Gasteiger charge is -2.20. The Bertz CT molecular complexity index is 324. The second-order valence-corrected chi connectivity index (χ2v) is 5.83. The van der Waals surface area contributed by atoms with Crippen LogP contribution in [-0.4, -0.2) is 43.1 Å². The average Bonchev–Trinajstić information content (AvgIpc) is 2.35. The minimum absolute atomic E-state index is 0.515. The van der Waals surface area contributed by atoms with Crippen molar-refractivity contribution in [2.24, 2.45) is 0 Å². The van der Waals surface area contributed by atoms with Gasteiger partial charge in [-0.1, -0.05) is 6.92 Å². The van der Waals surface area contributed by atoms with Crippen LogP contribution in [0.5, 0.6) is 0 Å². The Morgan fingerprint density at radius 2 is 2.17 bits per heavy atom. The molecule has 3 nitrogen and oxygen atoms in total. The Balaban J connectivity index is 2.50. The van der Waals surface area contributed by atoms with Crippen molar-refractivity contribution < 1.29 is 0 Å². The van der Waals surface area contributed by atoms with Gasteiger partial charge in [-0.2, -0.15) is 0 Å². The molecule has 0 bridgehead atoms. The van der Waals surface area contributed by atoms with E-state index in [1.54, 1.807) is 0 Å². The van der Waals surface area contributed by atoms with Crippen LogP contribution in [-0.2, 0) is 6.42 Å². The number of hydrogen-bond acceptors (Lipinski definition) is 3. The van der Waals surface area contributed by atoms with Crippen LogP contribution in [0.25, 0.3) is 0 Å². The third-order valence-electron chi connectivity index (χ3n) is 2.85. The molecule has 0 aliphatic rings. The predicted molar refractivity (Wildman–Crippen MR) is 80.9 cm³/mol. The first kappa shape index (κ1) is 15.6. The van der Waals surface area contributed by atoms with E-state index in [9.17, 15) is 0 Å². The highest BCUT2D eigenvalue weighted by molar-refractivity contribution is 9.10. The van der Waals surface area contributed by atoms with E-state index >= 15 is 0 Å². The Labute approximate surface area is 119 Å². The number of pyridine rings is 1. The first-order valence-electron chi connectivity index (χ1n) is 6.60. The summed E-state index contributed by atoms with van der Waals surface area (Å²) in [6.07, 6.45) is 5.20. The molecule has 1 aromatic heterocycles. The van der Waals surface area contributed by atoms with Crippen LogP contribution < -0.4 is 5.32 Å². The van der Waals surface area contributed by atoms with Crippen molar-refractivity contribution in [2.45, 2.75) is 32.2 Å². The molecule has 0 spiro atoms. The highest BCUT2D eigenvalue weighted by Gasteiger charge is 2.10. The van der Waals surface area contributed by atoms with Gasteiger partial charge in [0.1, 0.15) is 0 Å². The molecule has 0 amide bonds. The molecule has 0 radical (unpaired) electrons. The zero-order valence-corrected chi connectivity index (χ0v) is 13.2. The van der Waals surface area contributed by atoms with Gasteiger partial charge >= 0.3 is 0 Å². The van der Waals surface area contributed by atoms with Crippen molar-refractivity contribution in [1.29, 1.82) is 0 Å². The van der Waals surface area contributed by atoms with Gasteiger partial charge in [-0.05, 0) is 68.1 Å². The largest absolute Gasteiger partial charge is 0.314 e. The van der Waals surface area contributed by atoms with Crippen molar-refractivity contribution in [3.63, 3.8) is 0 Å². The molecule has 0 saturated carbocycles. The summed E-state index contributed by atoms with van der Waals surface area (Å²) < 4.78 is 1.04. The van der Waals surface area contributed by atoms with Crippen LogP contribution >= 0.6 is 15.9 Å². The summed E-state index contributed by atoms with van der Waals surface area (Å²) in [5.41, 5.74) is 1.16. The molecule has 1 rings (SSSR count). The van der Waals surface area contributed by atoms with Crippen molar-refractivity contribution >= 4 is 15.9 Å². The average molecular weight is 314 g/mol. The molecule has 4 heteroatoms. The van der Waals surface area contributed by atoms with Crippen molar-refractivity contribution in [3.8, 4) is 0 Å². The molecule has 1 heterocycles. The highest BCUT2D eigenvalue weighted by atomic mass is 79.9. The maximum Gasteiger partial charge on any atom is 0.0419 e. The molecule has 1 N–H and O–H groups in total. The second kappa shape index (κ2) is 8.62. The van der Waals surface area contributed by atoms with Gasteiger partial charge in [0, 0.05) is 28.8 Å². The maximum absolute atomic E-state index is 4.45. The van der Waals surface area contributed by atoms with Gasteiger partial charge in [-0.3, -0.25) is 4.98 Å². The van der Waals surface area contributed by atoms with E-state index in [0.29, 0.717) is 6.04 Å². The number of halogens is 1. The lowest BCUT2D eigenvalue weighted by atomic mass is 10.1. The summed E-state index contributed by atoms with van der Waals surface area (Å²) in [5.74, 6) is 0. The van der Waals surface area contributed by atoms with Crippen molar-refractivity contribution in [2.75, 3.05) is 27.2 Å². The van der Waals surface area contributed by atoms with Gasteiger partial charge in [0.2, 0.25) is 0 Å². The Hall–Kier alpha value is -0.450. The van der Waals surface area contributed by atoms with E-state index in [-0.39, 0.29) is 0 Å². The van der Waals surface area contributed by atoms with Gasteiger partial charge < -0.3 is 10.2 Å². The third kappa shape index (κ3) is 6.47. The van der Waals surface area contributed by atoms with E-state index in [1.807, 2.05) is 6.20 Å². The number of hydrogen-bond donors (Lipinski definition) is 1. The first-order valence-corrected chi connectivity index (χ1v) is 7.39. The molecule has 0 fully saturated rings. The van der Waals surface area contributed by atoms with Crippen molar-refractivity contribution in [1.82, 2.24) is 15.2 Å². The van der Waals surface area contributed by atoms with Crippen LogP contribution in [0.1, 0.15) is 25.5 Å². The van der Waals surface area contributed by atoms with Gasteiger partial charge in [-0.25, -0.2) is 0 Å².